The zero-order chi connectivity index (χ0) is 13.1. The third-order valence-corrected chi connectivity index (χ3v) is 2.24. The Morgan fingerprint density at radius 2 is 2.00 bits per heavy atom. The summed E-state index contributed by atoms with van der Waals surface area (Å²) in [7, 11) is 0. The molecule has 1 aromatic carbocycles. The van der Waals surface area contributed by atoms with Crippen molar-refractivity contribution in [3.05, 3.63) is 29.3 Å². The number of aryl methyl sites for hydroxylation is 1. The Morgan fingerprint density at radius 1 is 1.35 bits per heavy atom. The fourth-order valence-corrected chi connectivity index (χ4v) is 1.31. The van der Waals surface area contributed by atoms with Crippen LogP contribution in [0.2, 0.25) is 0 Å². The maximum absolute atomic E-state index is 12.7. The number of hydrogen-bond acceptors (Lipinski definition) is 2. The standard InChI is InChI=1S/C11H13F4NO/c1-7-3-2-4-8(5-16)9(7)17-6-11(14,15)10(12)13/h2-4,10H,5-6,16H2,1H3. The molecule has 0 aromatic heterocycles. The van der Waals surface area contributed by atoms with Crippen molar-refractivity contribution in [2.75, 3.05) is 6.61 Å². The number of ether oxygens (including phenoxy) is 1. The monoisotopic (exact) mass is 251 g/mol. The summed E-state index contributed by atoms with van der Waals surface area (Å²) in [5.74, 6) is -4.01. The lowest BCUT2D eigenvalue weighted by atomic mass is 10.1. The topological polar surface area (TPSA) is 35.2 Å². The largest absolute Gasteiger partial charge is 0.486 e. The molecule has 1 aromatic rings. The first-order valence-corrected chi connectivity index (χ1v) is 4.96. The second kappa shape index (κ2) is 5.35. The zero-order valence-corrected chi connectivity index (χ0v) is 9.22. The van der Waals surface area contributed by atoms with E-state index in [1.807, 2.05) is 0 Å². The van der Waals surface area contributed by atoms with Gasteiger partial charge in [0.1, 0.15) is 5.75 Å². The van der Waals surface area contributed by atoms with Gasteiger partial charge >= 0.3 is 12.3 Å². The van der Waals surface area contributed by atoms with Crippen LogP contribution >= 0.6 is 0 Å². The molecule has 96 valence electrons. The molecule has 1 rings (SSSR count). The van der Waals surface area contributed by atoms with Crippen molar-refractivity contribution in [2.24, 2.45) is 5.73 Å². The zero-order valence-electron chi connectivity index (χ0n) is 9.22. The number of halogens is 4. The van der Waals surface area contributed by atoms with Crippen LogP contribution < -0.4 is 10.5 Å². The lowest BCUT2D eigenvalue weighted by Crippen LogP contribution is -2.34. The van der Waals surface area contributed by atoms with Gasteiger partial charge in [-0.2, -0.15) is 8.78 Å². The molecule has 0 saturated heterocycles. The summed E-state index contributed by atoms with van der Waals surface area (Å²) in [5, 5.41) is 0. The number of para-hydroxylation sites is 1. The van der Waals surface area contributed by atoms with Crippen molar-refractivity contribution in [1.82, 2.24) is 0 Å². The second-order valence-electron chi connectivity index (χ2n) is 3.62. The fraction of sp³-hybridized carbons (Fsp3) is 0.455. The quantitative estimate of drug-likeness (QED) is 0.817. The summed E-state index contributed by atoms with van der Waals surface area (Å²) in [6.45, 7) is 0.370. The van der Waals surface area contributed by atoms with Crippen molar-refractivity contribution in [3.8, 4) is 5.75 Å². The summed E-state index contributed by atoms with van der Waals surface area (Å²) in [6.07, 6.45) is -3.74. The van der Waals surface area contributed by atoms with Crippen LogP contribution in [-0.2, 0) is 6.54 Å². The number of alkyl halides is 4. The van der Waals surface area contributed by atoms with Crippen molar-refractivity contribution >= 4 is 0 Å². The highest BCUT2D eigenvalue weighted by molar-refractivity contribution is 5.40. The van der Waals surface area contributed by atoms with Crippen LogP contribution in [0.15, 0.2) is 18.2 Å². The first-order valence-electron chi connectivity index (χ1n) is 4.96. The van der Waals surface area contributed by atoms with Crippen LogP contribution in [0.5, 0.6) is 5.75 Å². The van der Waals surface area contributed by atoms with Gasteiger partial charge in [0, 0.05) is 12.1 Å². The number of benzene rings is 1. The fourth-order valence-electron chi connectivity index (χ4n) is 1.31. The maximum Gasteiger partial charge on any atom is 0.340 e. The molecule has 2 nitrogen and oxygen atoms in total. The molecule has 0 atom stereocenters. The summed E-state index contributed by atoms with van der Waals surface area (Å²) in [6, 6.07) is 4.92. The van der Waals surface area contributed by atoms with Crippen LogP contribution in [0.25, 0.3) is 0 Å². The van der Waals surface area contributed by atoms with Crippen LogP contribution in [0.4, 0.5) is 17.6 Å². The van der Waals surface area contributed by atoms with Crippen LogP contribution in [-0.4, -0.2) is 19.0 Å². The molecule has 0 aliphatic rings. The van der Waals surface area contributed by atoms with Gasteiger partial charge in [-0.1, -0.05) is 18.2 Å². The Labute approximate surface area is 96.4 Å². The van der Waals surface area contributed by atoms with E-state index in [9.17, 15) is 17.6 Å². The summed E-state index contributed by atoms with van der Waals surface area (Å²) in [5.41, 5.74) is 6.49. The van der Waals surface area contributed by atoms with Gasteiger partial charge in [-0.3, -0.25) is 0 Å². The van der Waals surface area contributed by atoms with Crippen LogP contribution in [0, 0.1) is 6.92 Å². The SMILES string of the molecule is Cc1cccc(CN)c1OCC(F)(F)C(F)F. The smallest absolute Gasteiger partial charge is 0.340 e. The molecule has 2 N–H and O–H groups in total. The molecule has 0 spiro atoms. The van der Waals surface area contributed by atoms with E-state index >= 15 is 0 Å². The molecule has 0 amide bonds. The van der Waals surface area contributed by atoms with Gasteiger partial charge < -0.3 is 10.5 Å². The minimum Gasteiger partial charge on any atom is -0.486 e. The Morgan fingerprint density at radius 3 is 2.53 bits per heavy atom. The van der Waals surface area contributed by atoms with E-state index in [2.05, 4.69) is 0 Å². The summed E-state index contributed by atoms with van der Waals surface area (Å²) >= 11 is 0. The summed E-state index contributed by atoms with van der Waals surface area (Å²) < 4.78 is 54.0. The van der Waals surface area contributed by atoms with Gasteiger partial charge in [0.15, 0.2) is 6.61 Å². The van der Waals surface area contributed by atoms with E-state index in [4.69, 9.17) is 10.5 Å². The second-order valence-corrected chi connectivity index (χ2v) is 3.62. The normalized spacial score (nSPS) is 11.9. The van der Waals surface area contributed by atoms with Gasteiger partial charge in [-0.05, 0) is 12.5 Å². The van der Waals surface area contributed by atoms with E-state index in [0.717, 1.165) is 0 Å². The lowest BCUT2D eigenvalue weighted by molar-refractivity contribution is -0.148. The molecule has 0 heterocycles. The van der Waals surface area contributed by atoms with Crippen LogP contribution in [0.1, 0.15) is 11.1 Å². The van der Waals surface area contributed by atoms with E-state index in [0.29, 0.717) is 11.1 Å². The average molecular weight is 251 g/mol. The van der Waals surface area contributed by atoms with Gasteiger partial charge in [0.2, 0.25) is 0 Å². The molecule has 0 fully saturated rings. The Balaban J connectivity index is 2.82. The molecule has 0 unspecified atom stereocenters. The minimum atomic E-state index is -4.16. The van der Waals surface area contributed by atoms with Crippen molar-refractivity contribution in [2.45, 2.75) is 25.8 Å². The van der Waals surface area contributed by atoms with Gasteiger partial charge in [-0.15, -0.1) is 0 Å². The first kappa shape index (κ1) is 13.8. The Kier molecular flexibility index (Phi) is 4.34. The van der Waals surface area contributed by atoms with Gasteiger partial charge in [0.05, 0.1) is 0 Å². The molecule has 0 saturated carbocycles. The first-order chi connectivity index (χ1) is 7.88. The van der Waals surface area contributed by atoms with Crippen LogP contribution in [0.3, 0.4) is 0 Å². The third-order valence-electron chi connectivity index (χ3n) is 2.24. The van der Waals surface area contributed by atoms with E-state index in [-0.39, 0.29) is 12.3 Å². The number of nitrogens with two attached hydrogens (primary N) is 1. The molecule has 0 aliphatic heterocycles. The minimum absolute atomic E-state index is 0.0945. The van der Waals surface area contributed by atoms with Gasteiger partial charge in [0.25, 0.3) is 0 Å². The predicted molar refractivity (Wildman–Crippen MR) is 55.5 cm³/mol. The van der Waals surface area contributed by atoms with Gasteiger partial charge in [-0.25, -0.2) is 8.78 Å². The highest BCUT2D eigenvalue weighted by atomic mass is 19.3. The van der Waals surface area contributed by atoms with Crippen molar-refractivity contribution in [3.63, 3.8) is 0 Å². The highest BCUT2D eigenvalue weighted by Gasteiger charge is 2.41. The molecule has 0 bridgehead atoms. The highest BCUT2D eigenvalue weighted by Crippen LogP contribution is 2.28. The molecule has 0 radical (unpaired) electrons. The summed E-state index contributed by atoms with van der Waals surface area (Å²) in [4.78, 5) is 0. The average Bonchev–Trinajstić information content (AvgIpc) is 2.26. The van der Waals surface area contributed by atoms with E-state index < -0.39 is 19.0 Å². The molecule has 0 aliphatic carbocycles. The van der Waals surface area contributed by atoms with Crippen molar-refractivity contribution < 1.29 is 22.3 Å². The Bertz CT molecular complexity index is 382. The lowest BCUT2D eigenvalue weighted by Gasteiger charge is -2.18. The maximum atomic E-state index is 12.7. The molecule has 6 heteroatoms. The van der Waals surface area contributed by atoms with E-state index in [1.165, 1.54) is 0 Å². The number of rotatable bonds is 5. The predicted octanol–water partition coefficient (Wildman–Crippen LogP) is 2.73. The Hall–Kier alpha value is -1.30. The number of hydrogen-bond donors (Lipinski definition) is 1. The van der Waals surface area contributed by atoms with Crippen molar-refractivity contribution in [1.29, 1.82) is 0 Å². The molecular formula is C11H13F4NO. The third kappa shape index (κ3) is 3.33. The van der Waals surface area contributed by atoms with E-state index in [1.54, 1.807) is 25.1 Å². The molecule has 17 heavy (non-hydrogen) atoms. The molecular weight excluding hydrogens is 238 g/mol.